The molecule has 0 aliphatic carbocycles. The molecule has 0 atom stereocenters. The van der Waals surface area contributed by atoms with Gasteiger partial charge in [0.2, 0.25) is 0 Å². The zero-order valence-electron chi connectivity index (χ0n) is 11.0. The predicted molar refractivity (Wildman–Crippen MR) is 76.1 cm³/mol. The highest BCUT2D eigenvalue weighted by Crippen LogP contribution is 2.27. The van der Waals surface area contributed by atoms with Gasteiger partial charge in [0.15, 0.2) is 0 Å². The van der Waals surface area contributed by atoms with Crippen LogP contribution in [0.5, 0.6) is 5.75 Å². The van der Waals surface area contributed by atoms with Gasteiger partial charge in [-0.25, -0.2) is 0 Å². The van der Waals surface area contributed by atoms with Crippen molar-refractivity contribution in [3.63, 3.8) is 0 Å². The number of halogens is 2. The van der Waals surface area contributed by atoms with Gasteiger partial charge in [-0.3, -0.25) is 9.69 Å². The minimum absolute atomic E-state index is 0.255. The number of hydrogen-bond donors (Lipinski definition) is 0. The van der Waals surface area contributed by atoms with Gasteiger partial charge in [-0.15, -0.1) is 0 Å². The van der Waals surface area contributed by atoms with Gasteiger partial charge >= 0.3 is 5.97 Å². The summed E-state index contributed by atoms with van der Waals surface area (Å²) in [6, 6.07) is 5.07. The summed E-state index contributed by atoms with van der Waals surface area (Å²) in [6.07, 6.45) is 0. The molecule has 0 unspecified atom stereocenters. The van der Waals surface area contributed by atoms with E-state index in [0.717, 1.165) is 6.54 Å². The standard InChI is InChI=1S/C13H17Cl2NO3/c1-3-16(9-13(17)18-2)6-7-19-12-5-4-10(14)8-11(12)15/h4-5,8H,3,6-7,9H2,1-2H3. The Bertz CT molecular complexity index is 426. The van der Waals surface area contributed by atoms with Crippen LogP contribution in [0.15, 0.2) is 18.2 Å². The molecule has 0 saturated carbocycles. The number of carbonyl (C=O) groups is 1. The monoisotopic (exact) mass is 305 g/mol. The Morgan fingerprint density at radius 3 is 2.68 bits per heavy atom. The van der Waals surface area contributed by atoms with Crippen LogP contribution >= 0.6 is 23.2 Å². The van der Waals surface area contributed by atoms with E-state index in [0.29, 0.717) is 28.9 Å². The summed E-state index contributed by atoms with van der Waals surface area (Å²) in [4.78, 5) is 13.1. The van der Waals surface area contributed by atoms with E-state index < -0.39 is 0 Å². The van der Waals surface area contributed by atoms with Gasteiger partial charge in [0.25, 0.3) is 0 Å². The molecule has 0 saturated heterocycles. The third-order valence-electron chi connectivity index (χ3n) is 2.59. The summed E-state index contributed by atoms with van der Waals surface area (Å²) in [5.74, 6) is 0.326. The molecule has 0 aliphatic heterocycles. The molecule has 1 aromatic carbocycles. The van der Waals surface area contributed by atoms with Crippen LogP contribution in [0.2, 0.25) is 10.0 Å². The number of rotatable bonds is 7. The van der Waals surface area contributed by atoms with Crippen molar-refractivity contribution in [1.82, 2.24) is 4.90 Å². The summed E-state index contributed by atoms with van der Waals surface area (Å²) in [7, 11) is 1.38. The fraction of sp³-hybridized carbons (Fsp3) is 0.462. The van der Waals surface area contributed by atoms with Gasteiger partial charge in [0, 0.05) is 11.6 Å². The summed E-state index contributed by atoms with van der Waals surface area (Å²) < 4.78 is 10.2. The molecule has 0 fully saturated rings. The number of likely N-dealkylation sites (N-methyl/N-ethyl adjacent to an activating group) is 1. The van der Waals surface area contributed by atoms with Crippen LogP contribution in [0.3, 0.4) is 0 Å². The highest BCUT2D eigenvalue weighted by Gasteiger charge is 2.09. The van der Waals surface area contributed by atoms with Crippen molar-refractivity contribution >= 4 is 29.2 Å². The molecule has 0 aromatic heterocycles. The molecule has 4 nitrogen and oxygen atoms in total. The van der Waals surface area contributed by atoms with E-state index in [1.165, 1.54) is 7.11 Å². The lowest BCUT2D eigenvalue weighted by Crippen LogP contribution is -2.33. The topological polar surface area (TPSA) is 38.8 Å². The first-order valence-electron chi connectivity index (χ1n) is 5.93. The Labute approximate surface area is 123 Å². The minimum Gasteiger partial charge on any atom is -0.491 e. The number of ether oxygens (including phenoxy) is 2. The largest absolute Gasteiger partial charge is 0.491 e. The van der Waals surface area contributed by atoms with Crippen LogP contribution in [-0.2, 0) is 9.53 Å². The molecular weight excluding hydrogens is 289 g/mol. The summed E-state index contributed by atoms with van der Waals surface area (Å²) >= 11 is 11.8. The molecule has 1 rings (SSSR count). The van der Waals surface area contributed by atoms with E-state index in [-0.39, 0.29) is 12.5 Å². The molecular formula is C13H17Cl2NO3. The van der Waals surface area contributed by atoms with Crippen LogP contribution in [0.4, 0.5) is 0 Å². The number of methoxy groups -OCH3 is 1. The summed E-state index contributed by atoms with van der Waals surface area (Å²) in [5, 5.41) is 1.04. The predicted octanol–water partition coefficient (Wildman–Crippen LogP) is 2.87. The minimum atomic E-state index is -0.258. The Hall–Kier alpha value is -0.970. The Balaban J connectivity index is 2.41. The molecule has 0 radical (unpaired) electrons. The fourth-order valence-corrected chi connectivity index (χ4v) is 1.94. The van der Waals surface area contributed by atoms with Crippen LogP contribution in [0, 0.1) is 0 Å². The van der Waals surface area contributed by atoms with E-state index >= 15 is 0 Å². The fourth-order valence-electron chi connectivity index (χ4n) is 1.47. The molecule has 0 aliphatic rings. The lowest BCUT2D eigenvalue weighted by Gasteiger charge is -2.19. The van der Waals surface area contributed by atoms with Crippen molar-refractivity contribution < 1.29 is 14.3 Å². The quantitative estimate of drug-likeness (QED) is 0.726. The van der Waals surface area contributed by atoms with Gasteiger partial charge in [0.05, 0.1) is 18.7 Å². The molecule has 1 aromatic rings. The molecule has 0 spiro atoms. The zero-order chi connectivity index (χ0) is 14.3. The highest BCUT2D eigenvalue weighted by molar-refractivity contribution is 6.35. The van der Waals surface area contributed by atoms with Gasteiger partial charge < -0.3 is 9.47 Å². The maximum Gasteiger partial charge on any atom is 0.319 e. The molecule has 0 bridgehead atoms. The molecule has 19 heavy (non-hydrogen) atoms. The maximum atomic E-state index is 11.2. The lowest BCUT2D eigenvalue weighted by molar-refractivity contribution is -0.141. The molecule has 0 amide bonds. The maximum absolute atomic E-state index is 11.2. The second kappa shape index (κ2) is 8.25. The van der Waals surface area contributed by atoms with Crippen LogP contribution < -0.4 is 4.74 Å². The van der Waals surface area contributed by atoms with Crippen molar-refractivity contribution in [1.29, 1.82) is 0 Å². The molecule has 0 heterocycles. The molecule has 106 valence electrons. The van der Waals surface area contributed by atoms with E-state index in [1.54, 1.807) is 18.2 Å². The Kier molecular flexibility index (Phi) is 6.99. The van der Waals surface area contributed by atoms with Gasteiger partial charge in [-0.05, 0) is 24.7 Å². The number of esters is 1. The van der Waals surface area contributed by atoms with Crippen molar-refractivity contribution in [3.8, 4) is 5.75 Å². The van der Waals surface area contributed by atoms with Crippen LogP contribution in [0.1, 0.15) is 6.92 Å². The van der Waals surface area contributed by atoms with E-state index in [4.69, 9.17) is 27.9 Å². The normalized spacial score (nSPS) is 10.6. The highest BCUT2D eigenvalue weighted by atomic mass is 35.5. The summed E-state index contributed by atoms with van der Waals surface area (Å²) in [5.41, 5.74) is 0. The average molecular weight is 306 g/mol. The second-order valence-corrected chi connectivity index (χ2v) is 4.71. The first-order valence-corrected chi connectivity index (χ1v) is 6.69. The third kappa shape index (κ3) is 5.68. The van der Waals surface area contributed by atoms with E-state index in [1.807, 2.05) is 11.8 Å². The van der Waals surface area contributed by atoms with E-state index in [9.17, 15) is 4.79 Å². The van der Waals surface area contributed by atoms with Crippen molar-refractivity contribution in [2.45, 2.75) is 6.92 Å². The van der Waals surface area contributed by atoms with Gasteiger partial charge in [-0.2, -0.15) is 0 Å². The van der Waals surface area contributed by atoms with Crippen LogP contribution in [-0.4, -0.2) is 44.2 Å². The van der Waals surface area contributed by atoms with Gasteiger partial charge in [0.1, 0.15) is 12.4 Å². The molecule has 0 N–H and O–H groups in total. The van der Waals surface area contributed by atoms with Crippen molar-refractivity contribution in [3.05, 3.63) is 28.2 Å². The number of benzene rings is 1. The summed E-state index contributed by atoms with van der Waals surface area (Å²) in [6.45, 7) is 4.02. The zero-order valence-corrected chi connectivity index (χ0v) is 12.5. The van der Waals surface area contributed by atoms with E-state index in [2.05, 4.69) is 4.74 Å². The Morgan fingerprint density at radius 2 is 2.11 bits per heavy atom. The number of nitrogens with zero attached hydrogens (tertiary/aromatic N) is 1. The second-order valence-electron chi connectivity index (χ2n) is 3.87. The average Bonchev–Trinajstić information content (AvgIpc) is 2.39. The number of carbonyl (C=O) groups excluding carboxylic acids is 1. The third-order valence-corrected chi connectivity index (χ3v) is 3.12. The lowest BCUT2D eigenvalue weighted by atomic mass is 10.3. The first-order chi connectivity index (χ1) is 9.06. The van der Waals surface area contributed by atoms with Crippen LogP contribution in [0.25, 0.3) is 0 Å². The molecule has 6 heteroatoms. The number of hydrogen-bond acceptors (Lipinski definition) is 4. The first kappa shape index (κ1) is 16.1. The SMILES string of the molecule is CCN(CCOc1ccc(Cl)cc1Cl)CC(=O)OC. The smallest absolute Gasteiger partial charge is 0.319 e. The van der Waals surface area contributed by atoms with Gasteiger partial charge in [-0.1, -0.05) is 30.1 Å². The van der Waals surface area contributed by atoms with Crippen molar-refractivity contribution in [2.24, 2.45) is 0 Å². The Morgan fingerprint density at radius 1 is 1.37 bits per heavy atom. The van der Waals surface area contributed by atoms with Crippen molar-refractivity contribution in [2.75, 3.05) is 33.4 Å².